The van der Waals surface area contributed by atoms with Gasteiger partial charge in [0, 0.05) is 19.0 Å². The molecule has 14 heavy (non-hydrogen) atoms. The largest absolute Gasteiger partial charge is 0.383 e. The first-order valence-electron chi connectivity index (χ1n) is 5.28. The van der Waals surface area contributed by atoms with Gasteiger partial charge in [-0.2, -0.15) is 0 Å². The molecule has 86 valence electrons. The average Bonchev–Trinajstić information content (AvgIpc) is 2.02. The molecule has 0 aromatic rings. The van der Waals surface area contributed by atoms with Gasteiger partial charge in [0.15, 0.2) is 0 Å². The Labute approximate surface area is 93.4 Å². The highest BCUT2D eigenvalue weighted by molar-refractivity contribution is 6.17. The molecule has 0 rings (SSSR count). The molecule has 0 radical (unpaired) electrons. The maximum atomic E-state index is 5.71. The van der Waals surface area contributed by atoms with Gasteiger partial charge >= 0.3 is 0 Å². The molecule has 0 spiro atoms. The van der Waals surface area contributed by atoms with Crippen molar-refractivity contribution in [2.45, 2.75) is 39.7 Å². The molecule has 0 aliphatic heterocycles. The molecule has 0 aliphatic carbocycles. The first-order chi connectivity index (χ1) is 6.49. The van der Waals surface area contributed by atoms with E-state index in [-0.39, 0.29) is 0 Å². The van der Waals surface area contributed by atoms with E-state index in [1.54, 1.807) is 7.11 Å². The van der Waals surface area contributed by atoms with Crippen molar-refractivity contribution in [2.75, 3.05) is 26.1 Å². The van der Waals surface area contributed by atoms with Gasteiger partial charge in [0.1, 0.15) is 0 Å². The number of rotatable bonds is 7. The highest BCUT2D eigenvalue weighted by Gasteiger charge is 2.11. The maximum Gasteiger partial charge on any atom is 0.0616 e. The van der Waals surface area contributed by atoms with Crippen LogP contribution >= 0.6 is 11.6 Å². The fourth-order valence-electron chi connectivity index (χ4n) is 1.23. The Morgan fingerprint density at radius 1 is 1.36 bits per heavy atom. The molecule has 0 heterocycles. The van der Waals surface area contributed by atoms with Crippen LogP contribution < -0.4 is 5.32 Å². The van der Waals surface area contributed by atoms with Gasteiger partial charge in [0.25, 0.3) is 0 Å². The van der Waals surface area contributed by atoms with E-state index >= 15 is 0 Å². The van der Waals surface area contributed by atoms with Crippen molar-refractivity contribution in [3.8, 4) is 0 Å². The number of alkyl halides is 1. The molecule has 0 bridgehead atoms. The topological polar surface area (TPSA) is 21.3 Å². The molecule has 0 amide bonds. The van der Waals surface area contributed by atoms with Crippen molar-refractivity contribution in [3.63, 3.8) is 0 Å². The summed E-state index contributed by atoms with van der Waals surface area (Å²) < 4.78 is 5.12. The molecule has 1 unspecified atom stereocenters. The Hall–Kier alpha value is 0.210. The van der Waals surface area contributed by atoms with Crippen molar-refractivity contribution in [1.82, 2.24) is 5.32 Å². The highest BCUT2D eigenvalue weighted by atomic mass is 35.5. The summed E-state index contributed by atoms with van der Waals surface area (Å²) >= 11 is 5.71. The summed E-state index contributed by atoms with van der Waals surface area (Å²) in [5.74, 6) is 0.691. The van der Waals surface area contributed by atoms with Crippen LogP contribution in [0.5, 0.6) is 0 Å². The molecule has 0 saturated carbocycles. The second-order valence-electron chi connectivity index (χ2n) is 4.89. The van der Waals surface area contributed by atoms with Gasteiger partial charge in [0.05, 0.1) is 6.61 Å². The Bertz CT molecular complexity index is 128. The predicted molar refractivity (Wildman–Crippen MR) is 63.1 cm³/mol. The van der Waals surface area contributed by atoms with Gasteiger partial charge in [-0.3, -0.25) is 0 Å². The Kier molecular flexibility index (Phi) is 7.61. The van der Waals surface area contributed by atoms with Crippen LogP contribution in [0.2, 0.25) is 0 Å². The molecule has 0 aliphatic rings. The highest BCUT2D eigenvalue weighted by Crippen LogP contribution is 2.17. The van der Waals surface area contributed by atoms with E-state index in [2.05, 4.69) is 26.1 Å². The molecule has 3 heteroatoms. The second-order valence-corrected chi connectivity index (χ2v) is 5.27. The van der Waals surface area contributed by atoms with Crippen LogP contribution in [0, 0.1) is 5.41 Å². The molecule has 0 aromatic carbocycles. The van der Waals surface area contributed by atoms with Gasteiger partial charge in [-0.05, 0) is 24.8 Å². The number of ether oxygens (including phenoxy) is 1. The molecular weight excluding hydrogens is 198 g/mol. The van der Waals surface area contributed by atoms with Crippen LogP contribution in [0.3, 0.4) is 0 Å². The third-order valence-electron chi connectivity index (χ3n) is 2.13. The number of halogens is 1. The molecule has 0 saturated heterocycles. The van der Waals surface area contributed by atoms with E-state index < -0.39 is 0 Å². The maximum absolute atomic E-state index is 5.71. The Morgan fingerprint density at radius 2 is 2.00 bits per heavy atom. The summed E-state index contributed by atoms with van der Waals surface area (Å²) in [4.78, 5) is 0. The van der Waals surface area contributed by atoms with Gasteiger partial charge < -0.3 is 10.1 Å². The zero-order valence-electron chi connectivity index (χ0n) is 9.90. The standard InChI is InChI=1S/C11H24ClNO/c1-11(2,3)6-8-13-10(5-7-12)9-14-4/h10,13H,5-9H2,1-4H3. The number of hydrogen-bond acceptors (Lipinski definition) is 2. The lowest BCUT2D eigenvalue weighted by atomic mass is 9.92. The minimum atomic E-state index is 0.394. The van der Waals surface area contributed by atoms with Crippen molar-refractivity contribution in [3.05, 3.63) is 0 Å². The fraction of sp³-hybridized carbons (Fsp3) is 1.00. The monoisotopic (exact) mass is 221 g/mol. The van der Waals surface area contributed by atoms with Gasteiger partial charge in [-0.15, -0.1) is 11.6 Å². The first kappa shape index (κ1) is 14.2. The smallest absolute Gasteiger partial charge is 0.0616 e. The molecule has 2 nitrogen and oxygen atoms in total. The molecule has 0 aromatic heterocycles. The Morgan fingerprint density at radius 3 is 2.43 bits per heavy atom. The van der Waals surface area contributed by atoms with E-state index in [0.29, 0.717) is 17.3 Å². The molecule has 0 fully saturated rings. The second kappa shape index (κ2) is 7.49. The minimum Gasteiger partial charge on any atom is -0.383 e. The summed E-state index contributed by atoms with van der Waals surface area (Å²) in [7, 11) is 1.73. The zero-order chi connectivity index (χ0) is 11.0. The van der Waals surface area contributed by atoms with E-state index in [9.17, 15) is 0 Å². The molecular formula is C11H24ClNO. The van der Waals surface area contributed by atoms with Crippen LogP contribution in [0.15, 0.2) is 0 Å². The van der Waals surface area contributed by atoms with Crippen molar-refractivity contribution < 1.29 is 4.74 Å². The third kappa shape index (κ3) is 8.79. The van der Waals surface area contributed by atoms with E-state index in [1.807, 2.05) is 0 Å². The van der Waals surface area contributed by atoms with E-state index in [1.165, 1.54) is 6.42 Å². The van der Waals surface area contributed by atoms with Crippen LogP contribution in [0.4, 0.5) is 0 Å². The molecule has 1 atom stereocenters. The van der Waals surface area contributed by atoms with Crippen LogP contribution in [-0.4, -0.2) is 32.2 Å². The van der Waals surface area contributed by atoms with Gasteiger partial charge in [-0.1, -0.05) is 20.8 Å². The number of hydrogen-bond donors (Lipinski definition) is 1. The summed E-state index contributed by atoms with van der Waals surface area (Å²) in [5, 5.41) is 3.47. The SMILES string of the molecule is COCC(CCCl)NCCC(C)(C)C. The summed E-state index contributed by atoms with van der Waals surface area (Å²) in [6.45, 7) is 8.54. The van der Waals surface area contributed by atoms with Crippen LogP contribution in [-0.2, 0) is 4.74 Å². The Balaban J connectivity index is 3.60. The number of nitrogens with one attached hydrogen (secondary N) is 1. The quantitative estimate of drug-likeness (QED) is 0.668. The first-order valence-corrected chi connectivity index (χ1v) is 5.81. The van der Waals surface area contributed by atoms with Crippen molar-refractivity contribution >= 4 is 11.6 Å². The lowest BCUT2D eigenvalue weighted by molar-refractivity contribution is 0.162. The minimum absolute atomic E-state index is 0.394. The van der Waals surface area contributed by atoms with Crippen LogP contribution in [0.1, 0.15) is 33.6 Å². The average molecular weight is 222 g/mol. The van der Waals surface area contributed by atoms with Gasteiger partial charge in [0.2, 0.25) is 0 Å². The van der Waals surface area contributed by atoms with Crippen molar-refractivity contribution in [1.29, 1.82) is 0 Å². The predicted octanol–water partition coefficient (Wildman–Crippen LogP) is 2.66. The molecule has 1 N–H and O–H groups in total. The third-order valence-corrected chi connectivity index (χ3v) is 2.35. The van der Waals surface area contributed by atoms with E-state index in [4.69, 9.17) is 16.3 Å². The summed E-state index contributed by atoms with van der Waals surface area (Å²) in [5.41, 5.74) is 0.394. The van der Waals surface area contributed by atoms with Crippen molar-refractivity contribution in [2.24, 2.45) is 5.41 Å². The van der Waals surface area contributed by atoms with E-state index in [0.717, 1.165) is 19.6 Å². The summed E-state index contributed by atoms with van der Waals surface area (Å²) in [6, 6.07) is 0.403. The fourth-order valence-corrected chi connectivity index (χ4v) is 1.49. The normalized spacial score (nSPS) is 14.4. The summed E-state index contributed by atoms with van der Waals surface area (Å²) in [6.07, 6.45) is 2.15. The zero-order valence-corrected chi connectivity index (χ0v) is 10.7. The lowest BCUT2D eigenvalue weighted by Gasteiger charge is -2.22. The lowest BCUT2D eigenvalue weighted by Crippen LogP contribution is -2.35. The van der Waals surface area contributed by atoms with Gasteiger partial charge in [-0.25, -0.2) is 0 Å². The van der Waals surface area contributed by atoms with Crippen LogP contribution in [0.25, 0.3) is 0 Å². The number of methoxy groups -OCH3 is 1.